The lowest BCUT2D eigenvalue weighted by molar-refractivity contribution is 0.0606. The van der Waals surface area contributed by atoms with Crippen molar-refractivity contribution in [3.8, 4) is 5.75 Å². The molecule has 1 aromatic rings. The Morgan fingerprint density at radius 3 is 2.65 bits per heavy atom. The number of hydrogen-bond acceptors (Lipinski definition) is 4. The Bertz CT molecular complexity index is 358. The van der Waals surface area contributed by atoms with Crippen molar-refractivity contribution in [1.29, 1.82) is 0 Å². The summed E-state index contributed by atoms with van der Waals surface area (Å²) < 4.78 is 23.9. The summed E-state index contributed by atoms with van der Waals surface area (Å²) in [5.74, 6) is 5.71. The second-order valence-electron chi connectivity index (χ2n) is 3.99. The lowest BCUT2D eigenvalue weighted by Gasteiger charge is -2.20. The van der Waals surface area contributed by atoms with Crippen LogP contribution in [0.15, 0.2) is 18.2 Å². The van der Waals surface area contributed by atoms with Crippen LogP contribution < -0.4 is 16.0 Å². The lowest BCUT2D eigenvalue weighted by atomic mass is 10.1. The summed E-state index contributed by atoms with van der Waals surface area (Å²) in [6.45, 7) is 4.21. The summed E-state index contributed by atoms with van der Waals surface area (Å²) in [7, 11) is 1.54. The van der Waals surface area contributed by atoms with E-state index in [9.17, 15) is 4.39 Å². The molecule has 5 heteroatoms. The van der Waals surface area contributed by atoms with Gasteiger partial charge < -0.3 is 9.47 Å². The molecule has 0 saturated heterocycles. The van der Waals surface area contributed by atoms with Crippen molar-refractivity contribution in [1.82, 2.24) is 5.43 Å². The van der Waals surface area contributed by atoms with Gasteiger partial charge in [0.15, 0.2) is 0 Å². The van der Waals surface area contributed by atoms with Gasteiger partial charge in [-0.2, -0.15) is 0 Å². The van der Waals surface area contributed by atoms with Crippen LogP contribution in [0.1, 0.15) is 25.5 Å². The highest BCUT2D eigenvalue weighted by molar-refractivity contribution is 5.36. The van der Waals surface area contributed by atoms with Gasteiger partial charge in [-0.1, -0.05) is 0 Å². The van der Waals surface area contributed by atoms with Crippen LogP contribution in [0.4, 0.5) is 4.39 Å². The summed E-state index contributed by atoms with van der Waals surface area (Å²) in [5.41, 5.74) is 3.25. The largest absolute Gasteiger partial charge is 0.496 e. The van der Waals surface area contributed by atoms with E-state index in [4.69, 9.17) is 15.3 Å². The molecule has 1 rings (SSSR count). The normalized spacial score (nSPS) is 12.8. The van der Waals surface area contributed by atoms with Crippen molar-refractivity contribution in [2.75, 3.05) is 13.7 Å². The molecule has 0 heterocycles. The molecule has 1 atom stereocenters. The summed E-state index contributed by atoms with van der Waals surface area (Å²) in [4.78, 5) is 0. The Morgan fingerprint density at radius 1 is 1.41 bits per heavy atom. The molecule has 0 saturated carbocycles. The standard InChI is InChI=1S/C12H19FN2O2/c1-8(2)17-7-11(15-14)10-6-9(13)4-5-12(10)16-3/h4-6,8,11,15H,7,14H2,1-3H3. The van der Waals surface area contributed by atoms with Gasteiger partial charge in [-0.25, -0.2) is 4.39 Å². The van der Waals surface area contributed by atoms with Crippen LogP contribution in [0.2, 0.25) is 0 Å². The van der Waals surface area contributed by atoms with Crippen LogP contribution in [0.5, 0.6) is 5.75 Å². The van der Waals surface area contributed by atoms with Gasteiger partial charge in [0.05, 0.1) is 25.9 Å². The summed E-state index contributed by atoms with van der Waals surface area (Å²) >= 11 is 0. The molecule has 0 aromatic heterocycles. The second-order valence-corrected chi connectivity index (χ2v) is 3.99. The molecule has 0 spiro atoms. The van der Waals surface area contributed by atoms with Crippen LogP contribution in [0, 0.1) is 5.82 Å². The molecule has 96 valence electrons. The monoisotopic (exact) mass is 242 g/mol. The fourth-order valence-corrected chi connectivity index (χ4v) is 1.49. The molecule has 17 heavy (non-hydrogen) atoms. The number of halogens is 1. The number of nitrogens with one attached hydrogen (secondary N) is 1. The number of hydrazine groups is 1. The highest BCUT2D eigenvalue weighted by Crippen LogP contribution is 2.26. The first-order valence-electron chi connectivity index (χ1n) is 5.49. The van der Waals surface area contributed by atoms with E-state index < -0.39 is 0 Å². The topological polar surface area (TPSA) is 56.5 Å². The zero-order chi connectivity index (χ0) is 12.8. The van der Waals surface area contributed by atoms with E-state index in [1.807, 2.05) is 13.8 Å². The second kappa shape index (κ2) is 6.54. The Hall–Kier alpha value is -1.17. The van der Waals surface area contributed by atoms with E-state index >= 15 is 0 Å². The van der Waals surface area contributed by atoms with Gasteiger partial charge in [0.2, 0.25) is 0 Å². The van der Waals surface area contributed by atoms with Gasteiger partial charge in [-0.05, 0) is 32.0 Å². The molecule has 0 fully saturated rings. The predicted octanol–water partition coefficient (Wildman–Crippen LogP) is 1.76. The predicted molar refractivity (Wildman–Crippen MR) is 64.1 cm³/mol. The minimum atomic E-state index is -0.328. The maximum atomic E-state index is 13.2. The smallest absolute Gasteiger partial charge is 0.123 e. The Balaban J connectivity index is 2.89. The molecular formula is C12H19FN2O2. The van der Waals surface area contributed by atoms with Crippen molar-refractivity contribution < 1.29 is 13.9 Å². The van der Waals surface area contributed by atoms with E-state index in [-0.39, 0.29) is 18.0 Å². The van der Waals surface area contributed by atoms with Crippen LogP contribution in [-0.4, -0.2) is 19.8 Å². The molecule has 0 amide bonds. The lowest BCUT2D eigenvalue weighted by Crippen LogP contribution is -2.32. The highest BCUT2D eigenvalue weighted by Gasteiger charge is 2.16. The quantitative estimate of drug-likeness (QED) is 0.589. The average Bonchev–Trinajstić information content (AvgIpc) is 2.30. The molecular weight excluding hydrogens is 223 g/mol. The molecule has 3 N–H and O–H groups in total. The molecule has 0 aliphatic heterocycles. The van der Waals surface area contributed by atoms with Gasteiger partial charge in [0.25, 0.3) is 0 Å². The molecule has 0 aliphatic carbocycles. The first-order valence-corrected chi connectivity index (χ1v) is 5.49. The van der Waals surface area contributed by atoms with Crippen LogP contribution in [-0.2, 0) is 4.74 Å². The van der Waals surface area contributed by atoms with E-state index in [1.165, 1.54) is 19.2 Å². The summed E-state index contributed by atoms with van der Waals surface area (Å²) in [6.07, 6.45) is 0.0883. The Morgan fingerprint density at radius 2 is 2.12 bits per heavy atom. The van der Waals surface area contributed by atoms with Crippen molar-refractivity contribution in [3.63, 3.8) is 0 Å². The first kappa shape index (κ1) is 13.9. The number of benzene rings is 1. The Kier molecular flexibility index (Phi) is 5.34. The van der Waals surface area contributed by atoms with Crippen LogP contribution in [0.3, 0.4) is 0 Å². The minimum Gasteiger partial charge on any atom is -0.496 e. The van der Waals surface area contributed by atoms with Gasteiger partial charge in [0, 0.05) is 5.56 Å². The maximum Gasteiger partial charge on any atom is 0.123 e. The third kappa shape index (κ3) is 3.96. The molecule has 1 aromatic carbocycles. The molecule has 1 unspecified atom stereocenters. The van der Waals surface area contributed by atoms with Gasteiger partial charge in [-0.3, -0.25) is 11.3 Å². The van der Waals surface area contributed by atoms with E-state index in [2.05, 4.69) is 5.43 Å². The van der Waals surface area contributed by atoms with Gasteiger partial charge in [-0.15, -0.1) is 0 Å². The SMILES string of the molecule is COc1ccc(F)cc1C(COC(C)C)NN. The number of ether oxygens (including phenoxy) is 2. The zero-order valence-electron chi connectivity index (χ0n) is 10.4. The number of rotatable bonds is 6. The van der Waals surface area contributed by atoms with Crippen LogP contribution in [0.25, 0.3) is 0 Å². The van der Waals surface area contributed by atoms with E-state index in [0.29, 0.717) is 17.9 Å². The van der Waals surface area contributed by atoms with E-state index in [1.54, 1.807) is 6.07 Å². The fourth-order valence-electron chi connectivity index (χ4n) is 1.49. The minimum absolute atomic E-state index is 0.0883. The van der Waals surface area contributed by atoms with Crippen molar-refractivity contribution >= 4 is 0 Å². The molecule has 0 aliphatic rings. The first-order chi connectivity index (χ1) is 8.08. The van der Waals surface area contributed by atoms with Crippen LogP contribution >= 0.6 is 0 Å². The highest BCUT2D eigenvalue weighted by atomic mass is 19.1. The summed E-state index contributed by atoms with van der Waals surface area (Å²) in [6, 6.07) is 4.01. The van der Waals surface area contributed by atoms with Gasteiger partial charge in [0.1, 0.15) is 11.6 Å². The van der Waals surface area contributed by atoms with E-state index in [0.717, 1.165) is 0 Å². The number of hydrogen-bond donors (Lipinski definition) is 2. The molecule has 0 bridgehead atoms. The van der Waals surface area contributed by atoms with Gasteiger partial charge >= 0.3 is 0 Å². The number of nitrogens with two attached hydrogens (primary N) is 1. The molecule has 0 radical (unpaired) electrons. The van der Waals surface area contributed by atoms with Crippen molar-refractivity contribution in [2.24, 2.45) is 5.84 Å². The third-order valence-electron chi connectivity index (χ3n) is 2.36. The van der Waals surface area contributed by atoms with Crippen molar-refractivity contribution in [2.45, 2.75) is 26.0 Å². The third-order valence-corrected chi connectivity index (χ3v) is 2.36. The Labute approximate surface area is 101 Å². The summed E-state index contributed by atoms with van der Waals surface area (Å²) in [5, 5.41) is 0. The maximum absolute atomic E-state index is 13.2. The van der Waals surface area contributed by atoms with Crippen molar-refractivity contribution in [3.05, 3.63) is 29.6 Å². The average molecular weight is 242 g/mol. The zero-order valence-corrected chi connectivity index (χ0v) is 10.4. The molecule has 4 nitrogen and oxygen atoms in total. The fraction of sp³-hybridized carbons (Fsp3) is 0.500. The number of methoxy groups -OCH3 is 1.